The van der Waals surface area contributed by atoms with Gasteiger partial charge in [0.05, 0.1) is 29.6 Å². The molecule has 0 spiro atoms. The maximum absolute atomic E-state index is 12.5. The minimum Gasteiger partial charge on any atom is -0.493 e. The van der Waals surface area contributed by atoms with Crippen LogP contribution in [0.1, 0.15) is 26.2 Å². The molecule has 1 amide bonds. The molecule has 30 heavy (non-hydrogen) atoms. The molecule has 2 aromatic carbocycles. The monoisotopic (exact) mass is 406 g/mol. The van der Waals surface area contributed by atoms with E-state index in [4.69, 9.17) is 4.74 Å². The summed E-state index contributed by atoms with van der Waals surface area (Å²) < 4.78 is 5.74. The Kier molecular flexibility index (Phi) is 6.09. The molecule has 0 atom stereocenters. The van der Waals surface area contributed by atoms with E-state index >= 15 is 0 Å². The van der Waals surface area contributed by atoms with Gasteiger partial charge in [-0.2, -0.15) is 0 Å². The molecule has 1 aromatic heterocycles. The third kappa shape index (κ3) is 4.52. The Morgan fingerprint density at radius 2 is 1.97 bits per heavy atom. The highest BCUT2D eigenvalue weighted by atomic mass is 16.5. The number of carbonyl (C=O) groups excluding carboxylic acids is 1. The number of fused-ring (bicyclic) bond motifs is 1. The number of aromatic nitrogens is 2. The molecule has 0 bridgehead atoms. The van der Waals surface area contributed by atoms with Gasteiger partial charge < -0.3 is 15.0 Å². The number of nitrogens with one attached hydrogen (secondary N) is 2. The quantitative estimate of drug-likeness (QED) is 0.655. The molecular formula is C23H26N4O3. The van der Waals surface area contributed by atoms with Crippen LogP contribution in [-0.4, -0.2) is 47.0 Å². The fourth-order valence-electron chi connectivity index (χ4n) is 3.81. The summed E-state index contributed by atoms with van der Waals surface area (Å²) in [4.78, 5) is 34.7. The zero-order valence-corrected chi connectivity index (χ0v) is 17.1. The Bertz CT molecular complexity index is 1100. The molecule has 2 N–H and O–H groups in total. The molecule has 1 aliphatic rings. The first-order valence-corrected chi connectivity index (χ1v) is 10.4. The van der Waals surface area contributed by atoms with E-state index in [9.17, 15) is 9.59 Å². The molecule has 7 nitrogen and oxygen atoms in total. The van der Waals surface area contributed by atoms with Gasteiger partial charge in [-0.15, -0.1) is 0 Å². The number of anilines is 1. The second-order valence-corrected chi connectivity index (χ2v) is 7.46. The largest absolute Gasteiger partial charge is 0.493 e. The lowest BCUT2D eigenvalue weighted by atomic mass is 10.1. The Morgan fingerprint density at radius 3 is 2.77 bits per heavy atom. The number of hydrogen-bond acceptors (Lipinski definition) is 5. The highest BCUT2D eigenvalue weighted by molar-refractivity contribution is 5.93. The molecule has 1 fully saturated rings. The van der Waals surface area contributed by atoms with Gasteiger partial charge in [-0.05, 0) is 63.2 Å². The Labute approximate surface area is 175 Å². The van der Waals surface area contributed by atoms with E-state index < -0.39 is 0 Å². The van der Waals surface area contributed by atoms with Crippen LogP contribution in [0.2, 0.25) is 0 Å². The molecule has 156 valence electrons. The summed E-state index contributed by atoms with van der Waals surface area (Å²) in [5.41, 5.74) is 1.68. The van der Waals surface area contributed by atoms with Gasteiger partial charge in [-0.25, -0.2) is 4.98 Å². The third-order valence-corrected chi connectivity index (χ3v) is 5.25. The number of amides is 1. The van der Waals surface area contributed by atoms with Gasteiger partial charge in [0, 0.05) is 5.69 Å². The summed E-state index contributed by atoms with van der Waals surface area (Å²) >= 11 is 0. The molecule has 0 unspecified atom stereocenters. The fourth-order valence-corrected chi connectivity index (χ4v) is 3.81. The zero-order chi connectivity index (χ0) is 20.9. The van der Waals surface area contributed by atoms with E-state index in [2.05, 4.69) is 20.2 Å². The van der Waals surface area contributed by atoms with E-state index in [-0.39, 0.29) is 11.5 Å². The minimum absolute atomic E-state index is 0.0491. The van der Waals surface area contributed by atoms with E-state index in [1.54, 1.807) is 24.3 Å². The van der Waals surface area contributed by atoms with Crippen molar-refractivity contribution in [1.29, 1.82) is 0 Å². The van der Waals surface area contributed by atoms with Crippen molar-refractivity contribution in [1.82, 2.24) is 14.9 Å². The Morgan fingerprint density at radius 1 is 1.17 bits per heavy atom. The standard InChI is InChI=1S/C23H26N4O3/c1-2-30-20-11-10-16(24-21(28)15-27-12-6-3-7-13-27)14-18(20)22-25-19-9-5-4-8-17(19)23(29)26-22/h4-5,8-11,14H,2-3,6-7,12-13,15H2,1H3,(H,24,28)(H,25,26,29). The fraction of sp³-hybridized carbons (Fsp3) is 0.348. The number of nitrogens with zero attached hydrogens (tertiary/aromatic N) is 2. The first-order valence-electron chi connectivity index (χ1n) is 10.4. The van der Waals surface area contributed by atoms with Crippen LogP contribution in [-0.2, 0) is 4.79 Å². The van der Waals surface area contributed by atoms with E-state index in [0.717, 1.165) is 25.9 Å². The van der Waals surface area contributed by atoms with Gasteiger partial charge in [0.2, 0.25) is 5.91 Å². The number of para-hydroxylation sites is 1. The number of benzene rings is 2. The molecule has 0 aliphatic carbocycles. The number of ether oxygens (including phenoxy) is 1. The summed E-state index contributed by atoms with van der Waals surface area (Å²) in [6.45, 7) is 4.68. The molecule has 0 saturated carbocycles. The van der Waals surface area contributed by atoms with Crippen LogP contribution in [0.15, 0.2) is 47.3 Å². The van der Waals surface area contributed by atoms with Crippen LogP contribution in [0, 0.1) is 0 Å². The predicted octanol–water partition coefficient (Wildman–Crippen LogP) is 3.41. The highest BCUT2D eigenvalue weighted by Gasteiger charge is 2.16. The minimum atomic E-state index is -0.211. The van der Waals surface area contributed by atoms with Gasteiger partial charge in [-0.1, -0.05) is 18.6 Å². The molecule has 1 aliphatic heterocycles. The van der Waals surface area contributed by atoms with Crippen LogP contribution >= 0.6 is 0 Å². The second kappa shape index (κ2) is 9.09. The van der Waals surface area contributed by atoms with Crippen molar-refractivity contribution < 1.29 is 9.53 Å². The zero-order valence-electron chi connectivity index (χ0n) is 17.1. The lowest BCUT2D eigenvalue weighted by Gasteiger charge is -2.25. The first-order chi connectivity index (χ1) is 14.6. The van der Waals surface area contributed by atoms with E-state index in [1.807, 2.05) is 25.1 Å². The van der Waals surface area contributed by atoms with Crippen molar-refractivity contribution >= 4 is 22.5 Å². The molecule has 7 heteroatoms. The second-order valence-electron chi connectivity index (χ2n) is 7.46. The maximum Gasteiger partial charge on any atom is 0.259 e. The summed E-state index contributed by atoms with van der Waals surface area (Å²) in [6.07, 6.45) is 3.51. The summed E-state index contributed by atoms with van der Waals surface area (Å²) in [7, 11) is 0. The molecule has 1 saturated heterocycles. The van der Waals surface area contributed by atoms with Crippen LogP contribution in [0.4, 0.5) is 5.69 Å². The van der Waals surface area contributed by atoms with Gasteiger partial charge in [0.15, 0.2) is 0 Å². The van der Waals surface area contributed by atoms with Gasteiger partial charge in [0.25, 0.3) is 5.56 Å². The smallest absolute Gasteiger partial charge is 0.259 e. The number of piperidine rings is 1. The van der Waals surface area contributed by atoms with Gasteiger partial charge in [-0.3, -0.25) is 14.5 Å². The van der Waals surface area contributed by atoms with Crippen molar-refractivity contribution in [2.24, 2.45) is 0 Å². The summed E-state index contributed by atoms with van der Waals surface area (Å²) in [6, 6.07) is 12.6. The van der Waals surface area contributed by atoms with Gasteiger partial charge in [0.1, 0.15) is 11.6 Å². The number of likely N-dealkylation sites (tertiary alicyclic amines) is 1. The van der Waals surface area contributed by atoms with E-state index in [0.29, 0.717) is 46.9 Å². The topological polar surface area (TPSA) is 87.3 Å². The number of rotatable bonds is 6. The normalized spacial score (nSPS) is 14.6. The molecule has 4 rings (SSSR count). The first kappa shape index (κ1) is 20.1. The van der Waals surface area contributed by atoms with Crippen LogP contribution in [0.25, 0.3) is 22.3 Å². The summed E-state index contributed by atoms with van der Waals surface area (Å²) in [5, 5.41) is 3.50. The lowest BCUT2D eigenvalue weighted by molar-refractivity contribution is -0.117. The van der Waals surface area contributed by atoms with Gasteiger partial charge >= 0.3 is 0 Å². The molecule has 2 heterocycles. The van der Waals surface area contributed by atoms with Crippen molar-refractivity contribution in [2.75, 3.05) is 31.6 Å². The number of carbonyl (C=O) groups is 1. The number of H-pyrrole nitrogens is 1. The average Bonchev–Trinajstić information content (AvgIpc) is 2.75. The van der Waals surface area contributed by atoms with Crippen LogP contribution < -0.4 is 15.6 Å². The highest BCUT2D eigenvalue weighted by Crippen LogP contribution is 2.31. The third-order valence-electron chi connectivity index (χ3n) is 5.25. The van der Waals surface area contributed by atoms with E-state index in [1.165, 1.54) is 6.42 Å². The predicted molar refractivity (Wildman–Crippen MR) is 118 cm³/mol. The molecular weight excluding hydrogens is 380 g/mol. The van der Waals surface area contributed by atoms with Crippen molar-refractivity contribution in [2.45, 2.75) is 26.2 Å². The SMILES string of the molecule is CCOc1ccc(NC(=O)CN2CCCCC2)cc1-c1nc2ccccc2c(=O)[nH]1. The molecule has 3 aromatic rings. The molecule has 0 radical (unpaired) electrons. The maximum atomic E-state index is 12.5. The number of aromatic amines is 1. The number of hydrogen-bond donors (Lipinski definition) is 2. The summed E-state index contributed by atoms with van der Waals surface area (Å²) in [5.74, 6) is 0.964. The Balaban J connectivity index is 1.63. The van der Waals surface area contributed by atoms with Crippen LogP contribution in [0.5, 0.6) is 5.75 Å². The van der Waals surface area contributed by atoms with Crippen molar-refractivity contribution in [3.63, 3.8) is 0 Å². The van der Waals surface area contributed by atoms with Crippen LogP contribution in [0.3, 0.4) is 0 Å². The lowest BCUT2D eigenvalue weighted by Crippen LogP contribution is -2.36. The van der Waals surface area contributed by atoms with Crippen molar-refractivity contribution in [3.05, 3.63) is 52.8 Å². The Hall–Kier alpha value is -3.19. The average molecular weight is 406 g/mol. The van der Waals surface area contributed by atoms with Crippen molar-refractivity contribution in [3.8, 4) is 17.1 Å².